The molecule has 0 bridgehead atoms. The van der Waals surface area contributed by atoms with Crippen LogP contribution in [0.3, 0.4) is 0 Å². The molecule has 158 valence electrons. The molecule has 0 fully saturated rings. The second-order valence-electron chi connectivity index (χ2n) is 6.93. The standard InChI is InChI=1S/C23H20ClN3O3S/c1-15-3-6-17(7-4-15)29-10-2-11-30-20-8-5-16(14-19(20)24)13-18-21(25)27-9-12-31-23(27)26-22(18)28/h3-9,12-14,25H,2,10-11H2,1H3/b18-13-,25-21?. The number of benzene rings is 2. The summed E-state index contributed by atoms with van der Waals surface area (Å²) in [7, 11) is 0. The van der Waals surface area contributed by atoms with Crippen LogP contribution in [0.1, 0.15) is 17.5 Å². The van der Waals surface area contributed by atoms with Crippen molar-refractivity contribution in [2.24, 2.45) is 4.99 Å². The van der Waals surface area contributed by atoms with Crippen LogP contribution in [-0.4, -0.2) is 35.0 Å². The van der Waals surface area contributed by atoms with E-state index in [4.69, 9.17) is 26.5 Å². The molecule has 2 aromatic carbocycles. The number of halogens is 1. The predicted molar refractivity (Wildman–Crippen MR) is 125 cm³/mol. The van der Waals surface area contributed by atoms with Crippen molar-refractivity contribution in [3.63, 3.8) is 0 Å². The Hall–Kier alpha value is -3.03. The van der Waals surface area contributed by atoms with E-state index in [1.54, 1.807) is 40.8 Å². The van der Waals surface area contributed by atoms with Crippen molar-refractivity contribution < 1.29 is 14.3 Å². The van der Waals surface area contributed by atoms with E-state index in [-0.39, 0.29) is 11.4 Å². The number of hydrogen-bond donors (Lipinski definition) is 1. The smallest absolute Gasteiger partial charge is 0.283 e. The molecule has 0 radical (unpaired) electrons. The molecule has 2 aliphatic heterocycles. The van der Waals surface area contributed by atoms with E-state index >= 15 is 0 Å². The van der Waals surface area contributed by atoms with Gasteiger partial charge in [0.15, 0.2) is 5.17 Å². The van der Waals surface area contributed by atoms with Gasteiger partial charge in [0.25, 0.3) is 5.91 Å². The van der Waals surface area contributed by atoms with Crippen LogP contribution in [-0.2, 0) is 4.79 Å². The zero-order valence-electron chi connectivity index (χ0n) is 16.8. The van der Waals surface area contributed by atoms with Crippen LogP contribution in [0.15, 0.2) is 64.6 Å². The molecule has 0 spiro atoms. The molecule has 0 saturated heterocycles. The first kappa shape index (κ1) is 21.2. The number of carbonyl (C=O) groups is 1. The van der Waals surface area contributed by atoms with E-state index in [1.807, 2.05) is 31.2 Å². The number of nitrogens with zero attached hydrogens (tertiary/aromatic N) is 2. The number of ether oxygens (including phenoxy) is 2. The van der Waals surface area contributed by atoms with E-state index in [0.717, 1.165) is 5.75 Å². The highest BCUT2D eigenvalue weighted by molar-refractivity contribution is 8.16. The minimum Gasteiger partial charge on any atom is -0.493 e. The van der Waals surface area contributed by atoms with Gasteiger partial charge in [0.1, 0.15) is 17.3 Å². The lowest BCUT2D eigenvalue weighted by atomic mass is 10.1. The predicted octanol–water partition coefficient (Wildman–Crippen LogP) is 5.27. The number of thioether (sulfide) groups is 1. The molecule has 0 aromatic heterocycles. The lowest BCUT2D eigenvalue weighted by Gasteiger charge is -2.22. The summed E-state index contributed by atoms with van der Waals surface area (Å²) in [6, 6.07) is 13.2. The Labute approximate surface area is 189 Å². The number of aliphatic imine (C=N–C) groups is 1. The van der Waals surface area contributed by atoms with Gasteiger partial charge in [0.2, 0.25) is 0 Å². The van der Waals surface area contributed by atoms with Crippen molar-refractivity contribution in [2.45, 2.75) is 13.3 Å². The molecule has 2 heterocycles. The maximum absolute atomic E-state index is 12.3. The van der Waals surface area contributed by atoms with Crippen molar-refractivity contribution in [1.29, 1.82) is 5.41 Å². The fourth-order valence-corrected chi connectivity index (χ4v) is 3.94. The van der Waals surface area contributed by atoms with Gasteiger partial charge >= 0.3 is 0 Å². The van der Waals surface area contributed by atoms with Gasteiger partial charge < -0.3 is 9.47 Å². The summed E-state index contributed by atoms with van der Waals surface area (Å²) in [6.45, 7) is 3.04. The van der Waals surface area contributed by atoms with Crippen molar-refractivity contribution in [2.75, 3.05) is 13.2 Å². The molecule has 0 saturated carbocycles. The van der Waals surface area contributed by atoms with Crippen molar-refractivity contribution in [3.8, 4) is 11.5 Å². The number of aryl methyl sites for hydroxylation is 1. The second kappa shape index (κ2) is 9.41. The molecule has 8 heteroatoms. The largest absolute Gasteiger partial charge is 0.493 e. The summed E-state index contributed by atoms with van der Waals surface area (Å²) in [5.74, 6) is 1.06. The van der Waals surface area contributed by atoms with Crippen LogP contribution in [0, 0.1) is 12.3 Å². The molecular weight excluding hydrogens is 434 g/mol. The van der Waals surface area contributed by atoms with Gasteiger partial charge in [-0.3, -0.25) is 15.1 Å². The number of rotatable bonds is 7. The normalized spacial score (nSPS) is 16.5. The molecule has 0 aliphatic carbocycles. The Morgan fingerprint density at radius 2 is 1.94 bits per heavy atom. The molecule has 2 aromatic rings. The lowest BCUT2D eigenvalue weighted by molar-refractivity contribution is -0.114. The van der Waals surface area contributed by atoms with Crippen LogP contribution >= 0.6 is 23.4 Å². The highest BCUT2D eigenvalue weighted by Crippen LogP contribution is 2.30. The zero-order valence-corrected chi connectivity index (χ0v) is 18.4. The van der Waals surface area contributed by atoms with Crippen LogP contribution in [0.25, 0.3) is 6.08 Å². The number of nitrogens with one attached hydrogen (secondary N) is 1. The summed E-state index contributed by atoms with van der Waals surface area (Å²) in [5, 5.41) is 11.0. The van der Waals surface area contributed by atoms with E-state index in [0.29, 0.717) is 41.1 Å². The van der Waals surface area contributed by atoms with Crippen molar-refractivity contribution in [1.82, 2.24) is 4.90 Å². The fourth-order valence-electron chi connectivity index (χ4n) is 2.99. The first-order chi connectivity index (χ1) is 15.0. The molecule has 4 rings (SSSR count). The third-order valence-corrected chi connectivity index (χ3v) is 5.67. The summed E-state index contributed by atoms with van der Waals surface area (Å²) >= 11 is 7.67. The van der Waals surface area contributed by atoms with Gasteiger partial charge in [-0.25, -0.2) is 0 Å². The van der Waals surface area contributed by atoms with Gasteiger partial charge in [0.05, 0.1) is 23.8 Å². The third kappa shape index (κ3) is 5.00. The minimum absolute atomic E-state index is 0.0984. The fraction of sp³-hybridized carbons (Fsp3) is 0.174. The molecule has 31 heavy (non-hydrogen) atoms. The first-order valence-corrected chi connectivity index (χ1v) is 10.9. The number of amidine groups is 2. The van der Waals surface area contributed by atoms with E-state index in [9.17, 15) is 4.79 Å². The lowest BCUT2D eigenvalue weighted by Crippen LogP contribution is -2.35. The zero-order chi connectivity index (χ0) is 21.8. The Morgan fingerprint density at radius 3 is 2.71 bits per heavy atom. The Morgan fingerprint density at radius 1 is 1.16 bits per heavy atom. The molecule has 0 unspecified atom stereocenters. The van der Waals surface area contributed by atoms with Gasteiger partial charge in [-0.05, 0) is 48.2 Å². The van der Waals surface area contributed by atoms with E-state index < -0.39 is 5.91 Å². The van der Waals surface area contributed by atoms with Crippen LogP contribution < -0.4 is 9.47 Å². The highest BCUT2D eigenvalue weighted by atomic mass is 35.5. The monoisotopic (exact) mass is 453 g/mol. The quantitative estimate of drug-likeness (QED) is 0.456. The highest BCUT2D eigenvalue weighted by Gasteiger charge is 2.31. The Bertz CT molecular complexity index is 1110. The van der Waals surface area contributed by atoms with E-state index in [1.165, 1.54) is 17.3 Å². The summed E-state index contributed by atoms with van der Waals surface area (Å²) in [4.78, 5) is 17.9. The number of amides is 1. The molecule has 2 aliphatic rings. The van der Waals surface area contributed by atoms with Crippen LogP contribution in [0.4, 0.5) is 0 Å². The van der Waals surface area contributed by atoms with Crippen LogP contribution in [0.5, 0.6) is 11.5 Å². The van der Waals surface area contributed by atoms with Gasteiger partial charge in [-0.2, -0.15) is 4.99 Å². The first-order valence-electron chi connectivity index (χ1n) is 9.69. The molecular formula is C23H20ClN3O3S. The molecule has 0 atom stereocenters. The maximum atomic E-state index is 12.3. The average Bonchev–Trinajstić information content (AvgIpc) is 3.22. The number of hydrogen-bond acceptors (Lipinski definition) is 5. The van der Waals surface area contributed by atoms with Crippen LogP contribution in [0.2, 0.25) is 5.02 Å². The topological polar surface area (TPSA) is 75.0 Å². The minimum atomic E-state index is -0.433. The van der Waals surface area contributed by atoms with E-state index in [2.05, 4.69) is 4.99 Å². The molecule has 6 nitrogen and oxygen atoms in total. The SMILES string of the molecule is Cc1ccc(OCCCOc2ccc(/C=C3/C(=N)N4C=CSC4=NC3=O)cc2Cl)cc1. The summed E-state index contributed by atoms with van der Waals surface area (Å²) in [5.41, 5.74) is 2.11. The third-order valence-electron chi connectivity index (χ3n) is 4.62. The van der Waals surface area contributed by atoms with Crippen molar-refractivity contribution >= 4 is 46.3 Å². The summed E-state index contributed by atoms with van der Waals surface area (Å²) in [6.07, 6.45) is 4.05. The number of carbonyl (C=O) groups excluding carboxylic acids is 1. The molecule has 1 amide bonds. The maximum Gasteiger partial charge on any atom is 0.283 e. The van der Waals surface area contributed by atoms with Gasteiger partial charge in [-0.1, -0.05) is 47.1 Å². The van der Waals surface area contributed by atoms with Crippen molar-refractivity contribution in [3.05, 3.63) is 75.8 Å². The van der Waals surface area contributed by atoms with Gasteiger partial charge in [0, 0.05) is 12.6 Å². The Kier molecular flexibility index (Phi) is 6.44. The summed E-state index contributed by atoms with van der Waals surface area (Å²) < 4.78 is 11.4. The Balaban J connectivity index is 1.33. The molecule has 1 N–H and O–H groups in total. The second-order valence-corrected chi connectivity index (χ2v) is 8.21. The number of fused-ring (bicyclic) bond motifs is 1. The van der Waals surface area contributed by atoms with Gasteiger partial charge in [-0.15, -0.1) is 0 Å². The average molecular weight is 454 g/mol.